The fourth-order valence-corrected chi connectivity index (χ4v) is 2.58. The highest BCUT2D eigenvalue weighted by atomic mass is 16.5. The van der Waals surface area contributed by atoms with Gasteiger partial charge in [0.2, 0.25) is 0 Å². The van der Waals surface area contributed by atoms with Crippen LogP contribution in [0.15, 0.2) is 0 Å². The zero-order chi connectivity index (χ0) is 16.8. The standard InChI is InChI=1S/C18H34O4/c1-4-6-7-8-9-10-11-22-18(21)14-16(13-17(19)20)12-15(3)5-2/h15-16H,4-14H2,1-3H3,(H,19,20). The third-order valence-corrected chi connectivity index (χ3v) is 4.11. The van der Waals surface area contributed by atoms with Crippen molar-refractivity contribution < 1.29 is 19.4 Å². The van der Waals surface area contributed by atoms with Crippen LogP contribution in [-0.4, -0.2) is 23.7 Å². The van der Waals surface area contributed by atoms with Gasteiger partial charge in [-0.1, -0.05) is 59.3 Å². The number of carbonyl (C=O) groups excluding carboxylic acids is 1. The van der Waals surface area contributed by atoms with E-state index in [4.69, 9.17) is 9.84 Å². The van der Waals surface area contributed by atoms with Gasteiger partial charge in [-0.15, -0.1) is 0 Å². The molecule has 0 saturated carbocycles. The Kier molecular flexibility index (Phi) is 12.9. The molecule has 0 aromatic carbocycles. The number of hydrogen-bond acceptors (Lipinski definition) is 3. The maximum Gasteiger partial charge on any atom is 0.306 e. The smallest absolute Gasteiger partial charge is 0.306 e. The molecule has 0 amide bonds. The van der Waals surface area contributed by atoms with E-state index in [9.17, 15) is 9.59 Å². The lowest BCUT2D eigenvalue weighted by Crippen LogP contribution is -2.17. The van der Waals surface area contributed by atoms with Crippen molar-refractivity contribution in [1.29, 1.82) is 0 Å². The molecule has 4 heteroatoms. The lowest BCUT2D eigenvalue weighted by atomic mass is 9.89. The Morgan fingerprint density at radius 2 is 1.64 bits per heavy atom. The van der Waals surface area contributed by atoms with Gasteiger partial charge in [-0.2, -0.15) is 0 Å². The molecule has 0 spiro atoms. The van der Waals surface area contributed by atoms with Crippen molar-refractivity contribution in [2.24, 2.45) is 11.8 Å². The van der Waals surface area contributed by atoms with Crippen LogP contribution in [0.2, 0.25) is 0 Å². The Balaban J connectivity index is 3.89. The van der Waals surface area contributed by atoms with Crippen LogP contribution >= 0.6 is 0 Å². The molecule has 0 radical (unpaired) electrons. The molecule has 0 fully saturated rings. The second-order valence-corrected chi connectivity index (χ2v) is 6.41. The van der Waals surface area contributed by atoms with Crippen molar-refractivity contribution in [1.82, 2.24) is 0 Å². The van der Waals surface area contributed by atoms with E-state index in [2.05, 4.69) is 20.8 Å². The highest BCUT2D eigenvalue weighted by molar-refractivity contribution is 5.72. The van der Waals surface area contributed by atoms with Gasteiger partial charge in [-0.3, -0.25) is 9.59 Å². The summed E-state index contributed by atoms with van der Waals surface area (Å²) in [5.74, 6) is -0.750. The molecule has 2 atom stereocenters. The van der Waals surface area contributed by atoms with E-state index in [1.165, 1.54) is 25.7 Å². The second kappa shape index (κ2) is 13.6. The van der Waals surface area contributed by atoms with Crippen molar-refractivity contribution in [2.75, 3.05) is 6.61 Å². The number of hydrogen-bond donors (Lipinski definition) is 1. The number of carboxylic acid groups (broad SMARTS) is 1. The number of ether oxygens (including phenoxy) is 1. The topological polar surface area (TPSA) is 63.6 Å². The lowest BCUT2D eigenvalue weighted by molar-refractivity contribution is -0.145. The van der Waals surface area contributed by atoms with Crippen molar-refractivity contribution in [2.45, 2.75) is 85.0 Å². The summed E-state index contributed by atoms with van der Waals surface area (Å²) in [6.07, 6.45) is 9.01. The van der Waals surface area contributed by atoms with Crippen LogP contribution in [0.1, 0.15) is 85.0 Å². The maximum absolute atomic E-state index is 11.8. The van der Waals surface area contributed by atoms with Gasteiger partial charge in [0.25, 0.3) is 0 Å². The molecule has 4 nitrogen and oxygen atoms in total. The molecule has 0 aliphatic rings. The Bertz CT molecular complexity index is 301. The van der Waals surface area contributed by atoms with Crippen molar-refractivity contribution in [3.05, 3.63) is 0 Å². The SMILES string of the molecule is CCCCCCCCOC(=O)CC(CC(=O)O)CC(C)CC. The van der Waals surface area contributed by atoms with Gasteiger partial charge < -0.3 is 9.84 Å². The summed E-state index contributed by atoms with van der Waals surface area (Å²) in [6, 6.07) is 0. The molecule has 0 aliphatic heterocycles. The van der Waals surface area contributed by atoms with Crippen LogP contribution in [-0.2, 0) is 14.3 Å². The fraction of sp³-hybridized carbons (Fsp3) is 0.889. The van der Waals surface area contributed by atoms with E-state index in [-0.39, 0.29) is 24.7 Å². The van der Waals surface area contributed by atoms with E-state index >= 15 is 0 Å². The second-order valence-electron chi connectivity index (χ2n) is 6.41. The van der Waals surface area contributed by atoms with Crippen molar-refractivity contribution in [3.63, 3.8) is 0 Å². The van der Waals surface area contributed by atoms with Crippen LogP contribution in [0.25, 0.3) is 0 Å². The van der Waals surface area contributed by atoms with Crippen LogP contribution < -0.4 is 0 Å². The third-order valence-electron chi connectivity index (χ3n) is 4.11. The van der Waals surface area contributed by atoms with Gasteiger partial charge in [-0.05, 0) is 24.7 Å². The highest BCUT2D eigenvalue weighted by Gasteiger charge is 2.20. The van der Waals surface area contributed by atoms with Crippen LogP contribution in [0.5, 0.6) is 0 Å². The summed E-state index contributed by atoms with van der Waals surface area (Å²) in [7, 11) is 0. The first-order valence-corrected chi connectivity index (χ1v) is 8.86. The first-order chi connectivity index (χ1) is 10.5. The summed E-state index contributed by atoms with van der Waals surface area (Å²) in [5, 5.41) is 8.95. The van der Waals surface area contributed by atoms with Crippen LogP contribution in [0, 0.1) is 11.8 Å². The van der Waals surface area contributed by atoms with Gasteiger partial charge in [-0.25, -0.2) is 0 Å². The van der Waals surface area contributed by atoms with E-state index in [1.54, 1.807) is 0 Å². The average molecular weight is 314 g/mol. The number of carbonyl (C=O) groups is 2. The molecule has 0 heterocycles. The van der Waals surface area contributed by atoms with Gasteiger partial charge in [0.1, 0.15) is 0 Å². The van der Waals surface area contributed by atoms with Gasteiger partial charge in [0.05, 0.1) is 6.61 Å². The molecule has 0 rings (SSSR count). The fourth-order valence-electron chi connectivity index (χ4n) is 2.58. The quantitative estimate of drug-likeness (QED) is 0.369. The number of carboxylic acids is 1. The predicted octanol–water partition coefficient (Wildman–Crippen LogP) is 4.81. The zero-order valence-electron chi connectivity index (χ0n) is 14.6. The molecular weight excluding hydrogens is 280 g/mol. The van der Waals surface area contributed by atoms with Crippen molar-refractivity contribution in [3.8, 4) is 0 Å². The van der Waals surface area contributed by atoms with Crippen LogP contribution in [0.4, 0.5) is 0 Å². The lowest BCUT2D eigenvalue weighted by Gasteiger charge is -2.18. The molecule has 1 N–H and O–H groups in total. The minimum atomic E-state index is -0.836. The monoisotopic (exact) mass is 314 g/mol. The van der Waals surface area contributed by atoms with Crippen LogP contribution in [0.3, 0.4) is 0 Å². The highest BCUT2D eigenvalue weighted by Crippen LogP contribution is 2.22. The third kappa shape index (κ3) is 12.7. The van der Waals surface area contributed by atoms with Gasteiger partial charge in [0, 0.05) is 12.8 Å². The normalized spacial score (nSPS) is 13.6. The molecule has 0 aromatic heterocycles. The minimum Gasteiger partial charge on any atom is -0.481 e. The van der Waals surface area contributed by atoms with Gasteiger partial charge >= 0.3 is 11.9 Å². The number of esters is 1. The molecule has 0 bridgehead atoms. The summed E-state index contributed by atoms with van der Waals surface area (Å²) in [4.78, 5) is 22.7. The number of rotatable bonds is 14. The summed E-state index contributed by atoms with van der Waals surface area (Å²) in [6.45, 7) is 6.83. The number of aliphatic carboxylic acids is 1. The molecule has 22 heavy (non-hydrogen) atoms. The molecule has 130 valence electrons. The molecule has 2 unspecified atom stereocenters. The average Bonchev–Trinajstić information content (AvgIpc) is 2.45. The number of unbranched alkanes of at least 4 members (excludes halogenated alkanes) is 5. The molecule has 0 aliphatic carbocycles. The predicted molar refractivity (Wildman–Crippen MR) is 88.8 cm³/mol. The van der Waals surface area contributed by atoms with Gasteiger partial charge in [0.15, 0.2) is 0 Å². The molecule has 0 saturated heterocycles. The molecule has 0 aromatic rings. The first kappa shape index (κ1) is 20.9. The summed E-state index contributed by atoms with van der Waals surface area (Å²) >= 11 is 0. The van der Waals surface area contributed by atoms with E-state index in [0.717, 1.165) is 25.7 Å². The Labute approximate surface area is 135 Å². The zero-order valence-corrected chi connectivity index (χ0v) is 14.6. The van der Waals surface area contributed by atoms with Crippen molar-refractivity contribution >= 4 is 11.9 Å². The summed E-state index contributed by atoms with van der Waals surface area (Å²) in [5.41, 5.74) is 0. The van der Waals surface area contributed by atoms with E-state index in [1.807, 2.05) is 0 Å². The minimum absolute atomic E-state index is 0.0520. The summed E-state index contributed by atoms with van der Waals surface area (Å²) < 4.78 is 5.24. The Morgan fingerprint density at radius 3 is 2.23 bits per heavy atom. The first-order valence-electron chi connectivity index (χ1n) is 8.86. The van der Waals surface area contributed by atoms with E-state index in [0.29, 0.717) is 12.5 Å². The Hall–Kier alpha value is -1.06. The Morgan fingerprint density at radius 1 is 1.00 bits per heavy atom. The largest absolute Gasteiger partial charge is 0.481 e. The maximum atomic E-state index is 11.8. The molecular formula is C18H34O4. The van der Waals surface area contributed by atoms with E-state index < -0.39 is 5.97 Å².